The van der Waals surface area contributed by atoms with Crippen molar-refractivity contribution in [3.63, 3.8) is 0 Å². The van der Waals surface area contributed by atoms with Gasteiger partial charge in [0.1, 0.15) is 0 Å². The molecule has 1 unspecified atom stereocenters. The van der Waals surface area contributed by atoms with Crippen molar-refractivity contribution in [2.45, 2.75) is 18.9 Å². The van der Waals surface area contributed by atoms with Gasteiger partial charge in [-0.3, -0.25) is 9.59 Å². The van der Waals surface area contributed by atoms with E-state index in [0.29, 0.717) is 29.0 Å². The molecule has 1 heterocycles. The third-order valence-corrected chi connectivity index (χ3v) is 4.73. The van der Waals surface area contributed by atoms with Gasteiger partial charge in [-0.05, 0) is 37.3 Å². The zero-order valence-electron chi connectivity index (χ0n) is 13.1. The molecule has 0 saturated carbocycles. The lowest BCUT2D eigenvalue weighted by molar-refractivity contribution is -0.135. The van der Waals surface area contributed by atoms with Gasteiger partial charge in [0, 0.05) is 27.8 Å². The van der Waals surface area contributed by atoms with Gasteiger partial charge in [-0.25, -0.2) is 0 Å². The van der Waals surface area contributed by atoms with Crippen LogP contribution in [0, 0.1) is 0 Å². The molecule has 1 aliphatic heterocycles. The Morgan fingerprint density at radius 3 is 2.71 bits per heavy atom. The summed E-state index contributed by atoms with van der Waals surface area (Å²) in [5.41, 5.74) is 5.76. The van der Waals surface area contributed by atoms with E-state index in [2.05, 4.69) is 15.9 Å². The monoisotopic (exact) mass is 388 g/mol. The van der Waals surface area contributed by atoms with E-state index >= 15 is 0 Å². The van der Waals surface area contributed by atoms with Crippen LogP contribution < -0.4 is 10.6 Å². The molecule has 6 heteroatoms. The Labute approximate surface area is 148 Å². The zero-order valence-corrected chi connectivity index (χ0v) is 14.7. The van der Waals surface area contributed by atoms with Crippen LogP contribution in [0.5, 0.6) is 0 Å². The summed E-state index contributed by atoms with van der Waals surface area (Å²) in [4.78, 5) is 26.8. The minimum atomic E-state index is -1.86. The number of likely N-dealkylation sites (N-methyl/N-ethyl adjacent to an activating group) is 1. The molecule has 1 amide bonds. The van der Waals surface area contributed by atoms with E-state index < -0.39 is 11.5 Å². The van der Waals surface area contributed by atoms with Crippen LogP contribution in [-0.2, 0) is 10.4 Å². The number of hydrogen-bond acceptors (Lipinski definition) is 4. The summed E-state index contributed by atoms with van der Waals surface area (Å²) in [6, 6.07) is 11.8. The molecule has 0 fully saturated rings. The fraction of sp³-hybridized carbons (Fsp3) is 0.222. The quantitative estimate of drug-likeness (QED) is 0.622. The number of nitrogen functional groups attached to an aromatic ring is 1. The summed E-state index contributed by atoms with van der Waals surface area (Å²) in [7, 11) is 0. The van der Waals surface area contributed by atoms with Gasteiger partial charge in [-0.15, -0.1) is 0 Å². The van der Waals surface area contributed by atoms with E-state index in [4.69, 9.17) is 5.73 Å². The third-order valence-electron chi connectivity index (χ3n) is 4.24. The highest BCUT2D eigenvalue weighted by atomic mass is 79.9. The number of carbonyl (C=O) groups excluding carboxylic acids is 2. The van der Waals surface area contributed by atoms with Crippen LogP contribution in [-0.4, -0.2) is 23.3 Å². The van der Waals surface area contributed by atoms with Crippen molar-refractivity contribution in [1.82, 2.24) is 0 Å². The van der Waals surface area contributed by atoms with Gasteiger partial charge in [-0.2, -0.15) is 0 Å². The maximum absolute atomic E-state index is 12.7. The first-order chi connectivity index (χ1) is 11.4. The molecule has 3 rings (SSSR count). The topological polar surface area (TPSA) is 83.6 Å². The van der Waals surface area contributed by atoms with Crippen LogP contribution in [0.2, 0.25) is 0 Å². The molecule has 5 nitrogen and oxygen atoms in total. The maximum Gasteiger partial charge on any atom is 0.264 e. The summed E-state index contributed by atoms with van der Waals surface area (Å²) < 4.78 is 0.738. The summed E-state index contributed by atoms with van der Waals surface area (Å²) in [6.45, 7) is 2.25. The molecule has 2 aromatic rings. The van der Waals surface area contributed by atoms with Crippen molar-refractivity contribution < 1.29 is 14.7 Å². The second kappa shape index (κ2) is 6.03. The highest BCUT2D eigenvalue weighted by Gasteiger charge is 2.50. The number of halogens is 1. The second-order valence-electron chi connectivity index (χ2n) is 5.80. The van der Waals surface area contributed by atoms with Gasteiger partial charge < -0.3 is 15.7 Å². The van der Waals surface area contributed by atoms with Crippen LogP contribution in [0.25, 0.3) is 0 Å². The van der Waals surface area contributed by atoms with Crippen LogP contribution in [0.1, 0.15) is 29.3 Å². The molecule has 1 aliphatic rings. The van der Waals surface area contributed by atoms with Gasteiger partial charge >= 0.3 is 0 Å². The molecule has 0 spiro atoms. The standard InChI is InChI=1S/C18H17BrN2O3/c1-2-21-15-7-6-12(19)9-14(15)18(24,17(21)23)10-16(22)11-4-3-5-13(20)8-11/h3-9,24H,2,10,20H2,1H3. The van der Waals surface area contributed by atoms with Crippen LogP contribution >= 0.6 is 15.9 Å². The Bertz CT molecular complexity index is 837. The Balaban J connectivity index is 2.02. The van der Waals surface area contributed by atoms with Crippen LogP contribution in [0.3, 0.4) is 0 Å². The van der Waals surface area contributed by atoms with Crippen LogP contribution in [0.15, 0.2) is 46.9 Å². The van der Waals surface area contributed by atoms with E-state index in [9.17, 15) is 14.7 Å². The number of amides is 1. The van der Waals surface area contributed by atoms with E-state index in [1.807, 2.05) is 6.92 Å². The molecule has 124 valence electrons. The highest BCUT2D eigenvalue weighted by Crippen LogP contribution is 2.44. The molecular weight excluding hydrogens is 372 g/mol. The third kappa shape index (κ3) is 2.61. The van der Waals surface area contributed by atoms with Gasteiger partial charge in [0.05, 0.1) is 12.1 Å². The number of aliphatic hydroxyl groups is 1. The normalized spacial score (nSPS) is 19.5. The number of nitrogens with zero attached hydrogens (tertiary/aromatic N) is 1. The van der Waals surface area contributed by atoms with E-state index in [-0.39, 0.29) is 12.2 Å². The molecule has 0 radical (unpaired) electrons. The molecule has 1 atom stereocenters. The number of Topliss-reactive ketones (excluding diaryl/α,β-unsaturated/α-hetero) is 1. The average molecular weight is 389 g/mol. The van der Waals surface area contributed by atoms with Crippen molar-refractivity contribution >= 4 is 39.0 Å². The Hall–Kier alpha value is -2.18. The fourth-order valence-corrected chi connectivity index (χ4v) is 3.42. The lowest BCUT2D eigenvalue weighted by Gasteiger charge is -2.22. The van der Waals surface area contributed by atoms with Gasteiger partial charge in [-0.1, -0.05) is 28.1 Å². The average Bonchev–Trinajstić information content (AvgIpc) is 2.75. The summed E-state index contributed by atoms with van der Waals surface area (Å²) in [5, 5.41) is 11.1. The molecule has 0 aliphatic carbocycles. The molecule has 0 saturated heterocycles. The predicted octanol–water partition coefficient (Wildman–Crippen LogP) is 2.86. The smallest absolute Gasteiger partial charge is 0.264 e. The largest absolute Gasteiger partial charge is 0.399 e. The van der Waals surface area contributed by atoms with Crippen molar-refractivity contribution in [3.8, 4) is 0 Å². The van der Waals surface area contributed by atoms with Crippen LogP contribution in [0.4, 0.5) is 11.4 Å². The number of fused-ring (bicyclic) bond motifs is 1. The maximum atomic E-state index is 12.7. The second-order valence-corrected chi connectivity index (χ2v) is 6.71. The number of rotatable bonds is 4. The Kier molecular flexibility index (Phi) is 4.19. The number of nitrogens with two attached hydrogens (primary N) is 1. The van der Waals surface area contributed by atoms with Crippen molar-refractivity contribution in [2.24, 2.45) is 0 Å². The zero-order chi connectivity index (χ0) is 17.5. The van der Waals surface area contributed by atoms with E-state index in [1.54, 1.807) is 42.5 Å². The number of ketones is 1. The van der Waals surface area contributed by atoms with Gasteiger partial charge in [0.15, 0.2) is 11.4 Å². The number of anilines is 2. The molecule has 0 bridgehead atoms. The highest BCUT2D eigenvalue weighted by molar-refractivity contribution is 9.10. The Morgan fingerprint density at radius 2 is 2.04 bits per heavy atom. The lowest BCUT2D eigenvalue weighted by atomic mass is 9.88. The summed E-state index contributed by atoms with van der Waals surface area (Å²) >= 11 is 3.36. The minimum absolute atomic E-state index is 0.324. The summed E-state index contributed by atoms with van der Waals surface area (Å²) in [5.74, 6) is -0.808. The molecule has 24 heavy (non-hydrogen) atoms. The van der Waals surface area contributed by atoms with Crippen molar-refractivity contribution in [2.75, 3.05) is 17.2 Å². The summed E-state index contributed by atoms with van der Waals surface area (Å²) in [6.07, 6.45) is -0.324. The van der Waals surface area contributed by atoms with Crippen molar-refractivity contribution in [3.05, 3.63) is 58.1 Å². The molecule has 3 N–H and O–H groups in total. The lowest BCUT2D eigenvalue weighted by Crippen LogP contribution is -2.41. The van der Waals surface area contributed by atoms with E-state index in [0.717, 1.165) is 4.47 Å². The molecule has 0 aromatic heterocycles. The Morgan fingerprint density at radius 1 is 1.29 bits per heavy atom. The first kappa shape index (κ1) is 16.7. The SMILES string of the molecule is CCN1C(=O)C(O)(CC(=O)c2cccc(N)c2)c2cc(Br)ccc21. The fourth-order valence-electron chi connectivity index (χ4n) is 3.05. The predicted molar refractivity (Wildman–Crippen MR) is 95.9 cm³/mol. The molecular formula is C18H17BrN2O3. The number of hydrogen-bond donors (Lipinski definition) is 2. The van der Waals surface area contributed by atoms with Gasteiger partial charge in [0.25, 0.3) is 5.91 Å². The minimum Gasteiger partial charge on any atom is -0.399 e. The van der Waals surface area contributed by atoms with E-state index in [1.165, 1.54) is 4.90 Å². The van der Waals surface area contributed by atoms with Gasteiger partial charge in [0.2, 0.25) is 0 Å². The number of benzene rings is 2. The first-order valence-corrected chi connectivity index (χ1v) is 8.39. The van der Waals surface area contributed by atoms with Crippen molar-refractivity contribution in [1.29, 1.82) is 0 Å². The first-order valence-electron chi connectivity index (χ1n) is 7.60. The molecule has 2 aromatic carbocycles. The number of carbonyl (C=O) groups is 2.